The van der Waals surface area contributed by atoms with E-state index < -0.39 is 0 Å². The lowest BCUT2D eigenvalue weighted by Crippen LogP contribution is -2.52. The van der Waals surface area contributed by atoms with Crippen molar-refractivity contribution in [3.05, 3.63) is 20.8 Å². The topological polar surface area (TPSA) is 23.5 Å². The molecule has 2 atom stereocenters. The molecule has 3 rings (SSSR count). The van der Waals surface area contributed by atoms with Gasteiger partial charge in [-0.3, -0.25) is 4.90 Å². The van der Waals surface area contributed by atoms with Crippen molar-refractivity contribution in [1.29, 1.82) is 0 Å². The molecule has 18 heavy (non-hydrogen) atoms. The maximum atomic E-state index is 10.6. The molecule has 0 bridgehead atoms. The van der Waals surface area contributed by atoms with E-state index >= 15 is 0 Å². The number of hydrogen-bond donors (Lipinski definition) is 1. The van der Waals surface area contributed by atoms with Crippen LogP contribution in [-0.2, 0) is 6.54 Å². The monoisotopic (exact) mass is 329 g/mol. The van der Waals surface area contributed by atoms with E-state index in [2.05, 4.69) is 32.3 Å². The molecular weight excluding hydrogens is 310 g/mol. The highest BCUT2D eigenvalue weighted by atomic mass is 79.9. The number of nitrogens with zero attached hydrogens (tertiary/aromatic N) is 1. The Hall–Kier alpha value is 0.1000. The average molecular weight is 330 g/mol. The van der Waals surface area contributed by atoms with Gasteiger partial charge in [0, 0.05) is 40.3 Å². The molecule has 1 N–H and O–H groups in total. The van der Waals surface area contributed by atoms with Gasteiger partial charge in [0.15, 0.2) is 0 Å². The lowest BCUT2D eigenvalue weighted by atomic mass is 9.71. The second kappa shape index (κ2) is 5.23. The van der Waals surface area contributed by atoms with Crippen LogP contribution in [0.3, 0.4) is 0 Å². The Balaban J connectivity index is 1.63. The Morgan fingerprint density at radius 2 is 2.33 bits per heavy atom. The summed E-state index contributed by atoms with van der Waals surface area (Å²) in [5.74, 6) is 0.503. The van der Waals surface area contributed by atoms with Crippen molar-refractivity contribution in [2.75, 3.05) is 13.1 Å². The standard InChI is InChI=1S/C14H20BrNOS/c15-12-7-13(18-10-12)9-16-6-5-14(17)4-2-1-3-11(14)8-16/h7,10-11,17H,1-6,8-9H2. The first-order valence-corrected chi connectivity index (χ1v) is 8.51. The van der Waals surface area contributed by atoms with Gasteiger partial charge in [0.1, 0.15) is 0 Å². The number of aliphatic hydroxyl groups is 1. The Morgan fingerprint density at radius 3 is 3.11 bits per heavy atom. The maximum absolute atomic E-state index is 10.6. The minimum Gasteiger partial charge on any atom is -0.390 e. The molecular formula is C14H20BrNOS. The molecule has 1 aromatic rings. The highest BCUT2D eigenvalue weighted by Gasteiger charge is 2.42. The maximum Gasteiger partial charge on any atom is 0.0700 e. The highest BCUT2D eigenvalue weighted by molar-refractivity contribution is 9.10. The second-order valence-electron chi connectivity index (χ2n) is 5.76. The van der Waals surface area contributed by atoms with Gasteiger partial charge in [0.05, 0.1) is 5.60 Å². The highest BCUT2D eigenvalue weighted by Crippen LogP contribution is 2.40. The van der Waals surface area contributed by atoms with Crippen molar-refractivity contribution in [2.45, 2.75) is 44.2 Å². The molecule has 1 aliphatic carbocycles. The number of hydrogen-bond acceptors (Lipinski definition) is 3. The smallest absolute Gasteiger partial charge is 0.0700 e. The third kappa shape index (κ3) is 2.67. The van der Waals surface area contributed by atoms with Crippen molar-refractivity contribution in [2.24, 2.45) is 5.92 Å². The Labute approximate surface area is 121 Å². The molecule has 1 saturated carbocycles. The zero-order chi connectivity index (χ0) is 12.6. The van der Waals surface area contributed by atoms with Crippen LogP contribution in [0.2, 0.25) is 0 Å². The molecule has 2 heterocycles. The molecule has 2 nitrogen and oxygen atoms in total. The molecule has 2 unspecified atom stereocenters. The summed E-state index contributed by atoms with van der Waals surface area (Å²) in [6, 6.07) is 2.21. The molecule has 100 valence electrons. The predicted octanol–water partition coefficient (Wildman–Crippen LogP) is 3.64. The summed E-state index contributed by atoms with van der Waals surface area (Å²) in [5, 5.41) is 12.8. The van der Waals surface area contributed by atoms with Gasteiger partial charge in [0.2, 0.25) is 0 Å². The van der Waals surface area contributed by atoms with Crippen molar-refractivity contribution in [1.82, 2.24) is 4.90 Å². The van der Waals surface area contributed by atoms with E-state index in [9.17, 15) is 5.11 Å². The summed E-state index contributed by atoms with van der Waals surface area (Å²) in [4.78, 5) is 3.94. The number of likely N-dealkylation sites (tertiary alicyclic amines) is 1. The zero-order valence-electron chi connectivity index (χ0n) is 10.6. The van der Waals surface area contributed by atoms with E-state index in [0.29, 0.717) is 5.92 Å². The third-order valence-corrected chi connectivity index (χ3v) is 6.20. The van der Waals surface area contributed by atoms with Crippen LogP contribution in [0.1, 0.15) is 37.0 Å². The van der Waals surface area contributed by atoms with Crippen LogP contribution in [0.15, 0.2) is 15.9 Å². The Bertz CT molecular complexity index is 422. The second-order valence-corrected chi connectivity index (χ2v) is 7.67. The van der Waals surface area contributed by atoms with E-state index in [4.69, 9.17) is 0 Å². The molecule has 4 heteroatoms. The van der Waals surface area contributed by atoms with Crippen LogP contribution < -0.4 is 0 Å². The molecule has 2 fully saturated rings. The largest absolute Gasteiger partial charge is 0.390 e. The SMILES string of the molecule is OC12CCCCC1CN(Cc1cc(Br)cs1)CC2. The van der Waals surface area contributed by atoms with Gasteiger partial charge in [-0.25, -0.2) is 0 Å². The minimum absolute atomic E-state index is 0.342. The van der Waals surface area contributed by atoms with Gasteiger partial charge in [0.25, 0.3) is 0 Å². The number of fused-ring (bicyclic) bond motifs is 1. The van der Waals surface area contributed by atoms with Crippen molar-refractivity contribution < 1.29 is 5.11 Å². The van der Waals surface area contributed by atoms with E-state index in [1.807, 2.05) is 11.3 Å². The van der Waals surface area contributed by atoms with E-state index in [1.165, 1.54) is 28.6 Å². The number of thiophene rings is 1. The molecule has 1 aromatic heterocycles. The fraction of sp³-hybridized carbons (Fsp3) is 0.714. The lowest BCUT2D eigenvalue weighted by Gasteiger charge is -2.47. The molecule has 0 radical (unpaired) electrons. The van der Waals surface area contributed by atoms with Crippen LogP contribution in [-0.4, -0.2) is 28.7 Å². The first-order valence-electron chi connectivity index (χ1n) is 6.83. The fourth-order valence-electron chi connectivity index (χ4n) is 3.44. The summed E-state index contributed by atoms with van der Waals surface area (Å²) in [5.41, 5.74) is -0.342. The zero-order valence-corrected chi connectivity index (χ0v) is 13.0. The van der Waals surface area contributed by atoms with E-state index in [0.717, 1.165) is 32.5 Å². The van der Waals surface area contributed by atoms with Gasteiger partial charge in [-0.05, 0) is 41.3 Å². The molecule has 0 spiro atoms. The molecule has 0 amide bonds. The van der Waals surface area contributed by atoms with E-state index in [-0.39, 0.29) is 5.60 Å². The van der Waals surface area contributed by atoms with Crippen LogP contribution in [0.25, 0.3) is 0 Å². The van der Waals surface area contributed by atoms with Crippen LogP contribution in [0.5, 0.6) is 0 Å². The van der Waals surface area contributed by atoms with Crippen LogP contribution in [0, 0.1) is 5.92 Å². The van der Waals surface area contributed by atoms with Gasteiger partial charge in [-0.2, -0.15) is 0 Å². The summed E-state index contributed by atoms with van der Waals surface area (Å²) in [7, 11) is 0. The quantitative estimate of drug-likeness (QED) is 0.895. The van der Waals surface area contributed by atoms with Gasteiger partial charge < -0.3 is 5.11 Å². The normalized spacial score (nSPS) is 33.3. The number of rotatable bonds is 2. The first-order chi connectivity index (χ1) is 8.66. The van der Waals surface area contributed by atoms with Crippen molar-refractivity contribution in [3.63, 3.8) is 0 Å². The minimum atomic E-state index is -0.342. The lowest BCUT2D eigenvalue weighted by molar-refractivity contribution is -0.0966. The first kappa shape index (κ1) is 13.1. The van der Waals surface area contributed by atoms with Crippen LogP contribution in [0.4, 0.5) is 0 Å². The summed E-state index contributed by atoms with van der Waals surface area (Å²) >= 11 is 5.33. The van der Waals surface area contributed by atoms with Crippen LogP contribution >= 0.6 is 27.3 Å². The molecule has 0 aromatic carbocycles. The fourth-order valence-corrected chi connectivity index (χ4v) is 4.93. The summed E-state index contributed by atoms with van der Waals surface area (Å²) in [6.45, 7) is 3.16. The predicted molar refractivity (Wildman–Crippen MR) is 78.8 cm³/mol. The van der Waals surface area contributed by atoms with Crippen molar-refractivity contribution >= 4 is 27.3 Å². The number of halogens is 1. The summed E-state index contributed by atoms with van der Waals surface area (Å²) < 4.78 is 1.19. The van der Waals surface area contributed by atoms with E-state index in [1.54, 1.807) is 0 Å². The van der Waals surface area contributed by atoms with Gasteiger partial charge in [-0.1, -0.05) is 12.8 Å². The average Bonchev–Trinajstić information content (AvgIpc) is 2.75. The molecule has 2 aliphatic rings. The van der Waals surface area contributed by atoms with Crippen molar-refractivity contribution in [3.8, 4) is 0 Å². The number of piperidine rings is 1. The van der Waals surface area contributed by atoms with Gasteiger partial charge >= 0.3 is 0 Å². The molecule has 1 saturated heterocycles. The Kier molecular flexibility index (Phi) is 3.81. The summed E-state index contributed by atoms with van der Waals surface area (Å²) in [6.07, 6.45) is 5.71. The Morgan fingerprint density at radius 1 is 1.44 bits per heavy atom. The molecule has 1 aliphatic heterocycles. The third-order valence-electron chi connectivity index (χ3n) is 4.51. The van der Waals surface area contributed by atoms with Gasteiger partial charge in [-0.15, -0.1) is 11.3 Å².